The van der Waals surface area contributed by atoms with Gasteiger partial charge in [0.15, 0.2) is 0 Å². The topological polar surface area (TPSA) is 55.6 Å². The first-order chi connectivity index (χ1) is 9.34. The Morgan fingerprint density at radius 2 is 2.05 bits per heavy atom. The number of hydrogen-bond acceptors (Lipinski definition) is 5. The SMILES string of the molecule is Cc1cscc1CNc1nnnn1-c1ccccc1. The van der Waals surface area contributed by atoms with E-state index in [2.05, 4.69) is 38.5 Å². The van der Waals surface area contributed by atoms with Crippen LogP contribution in [-0.4, -0.2) is 20.2 Å². The normalized spacial score (nSPS) is 10.6. The molecule has 1 aromatic carbocycles. The molecule has 0 spiro atoms. The van der Waals surface area contributed by atoms with Crippen LogP contribution < -0.4 is 5.32 Å². The van der Waals surface area contributed by atoms with E-state index in [1.54, 1.807) is 16.0 Å². The number of aryl methyl sites for hydroxylation is 1. The molecule has 5 nitrogen and oxygen atoms in total. The van der Waals surface area contributed by atoms with Crippen molar-refractivity contribution < 1.29 is 0 Å². The van der Waals surface area contributed by atoms with Gasteiger partial charge >= 0.3 is 0 Å². The van der Waals surface area contributed by atoms with Crippen molar-refractivity contribution in [2.45, 2.75) is 13.5 Å². The molecule has 0 aliphatic carbocycles. The lowest BCUT2D eigenvalue weighted by Gasteiger charge is -2.06. The average Bonchev–Trinajstić information content (AvgIpc) is 3.06. The van der Waals surface area contributed by atoms with Gasteiger partial charge in [-0.2, -0.15) is 16.0 Å². The molecule has 0 atom stereocenters. The van der Waals surface area contributed by atoms with E-state index >= 15 is 0 Å². The van der Waals surface area contributed by atoms with Crippen molar-refractivity contribution in [2.75, 3.05) is 5.32 Å². The second-order valence-electron chi connectivity index (χ2n) is 4.18. The van der Waals surface area contributed by atoms with Crippen LogP contribution in [0.5, 0.6) is 0 Å². The Bertz CT molecular complexity index is 658. The number of nitrogens with zero attached hydrogens (tertiary/aromatic N) is 4. The maximum atomic E-state index is 4.02. The molecule has 0 saturated heterocycles. The minimum absolute atomic E-state index is 0.650. The third-order valence-corrected chi connectivity index (χ3v) is 3.78. The molecule has 0 aliphatic heterocycles. The summed E-state index contributed by atoms with van der Waals surface area (Å²) in [6.07, 6.45) is 0. The van der Waals surface area contributed by atoms with Crippen molar-refractivity contribution in [3.63, 3.8) is 0 Å². The molecule has 0 fully saturated rings. The smallest absolute Gasteiger partial charge is 0.248 e. The maximum Gasteiger partial charge on any atom is 0.248 e. The van der Waals surface area contributed by atoms with Crippen molar-refractivity contribution in [3.8, 4) is 5.69 Å². The first kappa shape index (κ1) is 11.9. The number of thiophene rings is 1. The van der Waals surface area contributed by atoms with Gasteiger partial charge < -0.3 is 5.32 Å². The second-order valence-corrected chi connectivity index (χ2v) is 4.93. The number of tetrazole rings is 1. The Labute approximate surface area is 114 Å². The molecule has 2 heterocycles. The van der Waals surface area contributed by atoms with Gasteiger partial charge in [0.25, 0.3) is 0 Å². The molecular weight excluding hydrogens is 258 g/mol. The van der Waals surface area contributed by atoms with Crippen LogP contribution in [0.4, 0.5) is 5.95 Å². The molecule has 6 heteroatoms. The molecule has 3 aromatic rings. The Hall–Kier alpha value is -2.21. The molecule has 1 N–H and O–H groups in total. The highest BCUT2D eigenvalue weighted by molar-refractivity contribution is 7.08. The molecule has 2 aromatic heterocycles. The lowest BCUT2D eigenvalue weighted by atomic mass is 10.2. The van der Waals surface area contributed by atoms with E-state index in [1.807, 2.05) is 30.3 Å². The van der Waals surface area contributed by atoms with Gasteiger partial charge in [0.1, 0.15) is 0 Å². The van der Waals surface area contributed by atoms with Crippen LogP contribution in [0.25, 0.3) is 5.69 Å². The van der Waals surface area contributed by atoms with Crippen LogP contribution in [0.1, 0.15) is 11.1 Å². The lowest BCUT2D eigenvalue weighted by Crippen LogP contribution is -2.07. The Balaban J connectivity index is 1.80. The Kier molecular flexibility index (Phi) is 3.24. The monoisotopic (exact) mass is 271 g/mol. The summed E-state index contributed by atoms with van der Waals surface area (Å²) in [5.74, 6) is 0.650. The molecule has 0 unspecified atom stereocenters. The minimum atomic E-state index is 0.650. The highest BCUT2D eigenvalue weighted by Crippen LogP contribution is 2.16. The third kappa shape index (κ3) is 2.48. The maximum absolute atomic E-state index is 4.02. The van der Waals surface area contributed by atoms with Crippen LogP contribution in [0, 0.1) is 6.92 Å². The Morgan fingerprint density at radius 1 is 1.21 bits per heavy atom. The van der Waals surface area contributed by atoms with Crippen molar-refractivity contribution in [2.24, 2.45) is 0 Å². The summed E-state index contributed by atoms with van der Waals surface area (Å²) in [4.78, 5) is 0. The molecule has 3 rings (SSSR count). The zero-order valence-corrected chi connectivity index (χ0v) is 11.3. The van der Waals surface area contributed by atoms with E-state index in [9.17, 15) is 0 Å². The number of para-hydroxylation sites is 1. The number of nitrogens with one attached hydrogen (secondary N) is 1. The summed E-state index contributed by atoms with van der Waals surface area (Å²) in [6, 6.07) is 9.83. The molecule has 19 heavy (non-hydrogen) atoms. The average molecular weight is 271 g/mol. The summed E-state index contributed by atoms with van der Waals surface area (Å²) in [7, 11) is 0. The van der Waals surface area contributed by atoms with E-state index < -0.39 is 0 Å². The largest absolute Gasteiger partial charge is 0.349 e. The zero-order valence-electron chi connectivity index (χ0n) is 10.4. The zero-order chi connectivity index (χ0) is 13.1. The fraction of sp³-hybridized carbons (Fsp3) is 0.154. The first-order valence-electron chi connectivity index (χ1n) is 5.94. The molecule has 0 saturated carbocycles. The number of benzene rings is 1. The minimum Gasteiger partial charge on any atom is -0.349 e. The molecule has 0 bridgehead atoms. The van der Waals surface area contributed by atoms with Crippen LogP contribution in [0.3, 0.4) is 0 Å². The summed E-state index contributed by atoms with van der Waals surface area (Å²) in [5.41, 5.74) is 3.50. The van der Waals surface area contributed by atoms with Gasteiger partial charge in [-0.1, -0.05) is 23.3 Å². The standard InChI is InChI=1S/C13H13N5S/c1-10-8-19-9-11(10)7-14-13-15-16-17-18(13)12-5-3-2-4-6-12/h2-6,8-9H,7H2,1H3,(H,14,15,17). The van der Waals surface area contributed by atoms with E-state index in [0.29, 0.717) is 5.95 Å². The van der Waals surface area contributed by atoms with Gasteiger partial charge in [0, 0.05) is 6.54 Å². The number of aromatic nitrogens is 4. The second kappa shape index (κ2) is 5.19. The van der Waals surface area contributed by atoms with Crippen LogP contribution in [0.15, 0.2) is 41.1 Å². The summed E-state index contributed by atoms with van der Waals surface area (Å²) < 4.78 is 1.70. The van der Waals surface area contributed by atoms with Gasteiger partial charge in [0.05, 0.1) is 5.69 Å². The molecule has 0 aliphatic rings. The Morgan fingerprint density at radius 3 is 2.79 bits per heavy atom. The van der Waals surface area contributed by atoms with Crippen molar-refractivity contribution >= 4 is 17.3 Å². The molecule has 0 amide bonds. The predicted octanol–water partition coefficient (Wildman–Crippen LogP) is 2.64. The lowest BCUT2D eigenvalue weighted by molar-refractivity contribution is 0.789. The van der Waals surface area contributed by atoms with Crippen LogP contribution >= 0.6 is 11.3 Å². The predicted molar refractivity (Wildman–Crippen MR) is 75.5 cm³/mol. The quantitative estimate of drug-likeness (QED) is 0.792. The van der Waals surface area contributed by atoms with Gasteiger partial charge in [-0.25, -0.2) is 0 Å². The number of hydrogen-bond donors (Lipinski definition) is 1. The summed E-state index contributed by atoms with van der Waals surface area (Å²) in [5, 5.41) is 19.3. The molecule has 96 valence electrons. The third-order valence-electron chi connectivity index (χ3n) is 2.87. The van der Waals surface area contributed by atoms with Gasteiger partial charge in [0.2, 0.25) is 5.95 Å². The van der Waals surface area contributed by atoms with Crippen LogP contribution in [0.2, 0.25) is 0 Å². The number of anilines is 1. The fourth-order valence-electron chi connectivity index (χ4n) is 1.78. The highest BCUT2D eigenvalue weighted by Gasteiger charge is 2.08. The van der Waals surface area contributed by atoms with E-state index in [0.717, 1.165) is 12.2 Å². The van der Waals surface area contributed by atoms with Gasteiger partial charge in [-0.3, -0.25) is 0 Å². The van der Waals surface area contributed by atoms with E-state index in [1.165, 1.54) is 11.1 Å². The fourth-order valence-corrected chi connectivity index (χ4v) is 2.64. The van der Waals surface area contributed by atoms with Crippen molar-refractivity contribution in [3.05, 3.63) is 52.2 Å². The van der Waals surface area contributed by atoms with Crippen molar-refractivity contribution in [1.82, 2.24) is 20.2 Å². The molecular formula is C13H13N5S. The van der Waals surface area contributed by atoms with Crippen LogP contribution in [-0.2, 0) is 6.54 Å². The van der Waals surface area contributed by atoms with E-state index in [-0.39, 0.29) is 0 Å². The van der Waals surface area contributed by atoms with E-state index in [4.69, 9.17) is 0 Å². The molecule has 0 radical (unpaired) electrons. The van der Waals surface area contributed by atoms with Crippen molar-refractivity contribution in [1.29, 1.82) is 0 Å². The van der Waals surface area contributed by atoms with Gasteiger partial charge in [-0.15, -0.1) is 0 Å². The number of rotatable bonds is 4. The highest BCUT2D eigenvalue weighted by atomic mass is 32.1. The summed E-state index contributed by atoms with van der Waals surface area (Å²) >= 11 is 1.71. The summed E-state index contributed by atoms with van der Waals surface area (Å²) in [6.45, 7) is 2.83. The first-order valence-corrected chi connectivity index (χ1v) is 6.88. The van der Waals surface area contributed by atoms with Gasteiger partial charge in [-0.05, 0) is 51.4 Å².